The monoisotopic (exact) mass is 279 g/mol. The third kappa shape index (κ3) is 5.20. The Kier molecular flexibility index (Phi) is 8.70. The number of hydrogen-bond donors (Lipinski definition) is 2. The summed E-state index contributed by atoms with van der Waals surface area (Å²) in [5, 5.41) is 2.76. The summed E-state index contributed by atoms with van der Waals surface area (Å²) < 4.78 is 4.81. The van der Waals surface area contributed by atoms with Gasteiger partial charge in [0.2, 0.25) is 11.8 Å². The number of nitrogens with one attached hydrogen (secondary N) is 1. The number of carbonyl (C=O) groups is 2. The van der Waals surface area contributed by atoms with Crippen LogP contribution in [0.4, 0.5) is 0 Å². The number of likely N-dealkylation sites (tertiary alicyclic amines) is 1. The fourth-order valence-corrected chi connectivity index (χ4v) is 1.97. The van der Waals surface area contributed by atoms with E-state index in [1.54, 1.807) is 4.90 Å². The maximum Gasteiger partial charge on any atom is 0.248 e. The van der Waals surface area contributed by atoms with Crippen molar-refractivity contribution < 1.29 is 14.3 Å². The number of rotatable bonds is 5. The molecule has 1 atom stereocenters. The number of carbonyl (C=O) groups excluding carboxylic acids is 2. The van der Waals surface area contributed by atoms with E-state index in [0.717, 1.165) is 12.8 Å². The van der Waals surface area contributed by atoms with Crippen LogP contribution in [0.15, 0.2) is 0 Å². The molecule has 2 amide bonds. The highest BCUT2D eigenvalue weighted by Gasteiger charge is 2.27. The number of methoxy groups -OCH3 is 1. The molecule has 0 spiro atoms. The van der Waals surface area contributed by atoms with Crippen molar-refractivity contribution in [2.75, 3.05) is 39.9 Å². The Balaban J connectivity index is 0.00000289. The van der Waals surface area contributed by atoms with Gasteiger partial charge >= 0.3 is 0 Å². The van der Waals surface area contributed by atoms with Gasteiger partial charge in [-0.15, -0.1) is 12.4 Å². The van der Waals surface area contributed by atoms with Crippen molar-refractivity contribution in [1.82, 2.24) is 10.2 Å². The van der Waals surface area contributed by atoms with Crippen molar-refractivity contribution in [1.29, 1.82) is 0 Å². The van der Waals surface area contributed by atoms with E-state index >= 15 is 0 Å². The van der Waals surface area contributed by atoms with Crippen molar-refractivity contribution in [2.24, 2.45) is 11.7 Å². The minimum Gasteiger partial charge on any atom is -0.375 e. The van der Waals surface area contributed by atoms with Crippen LogP contribution in [0.1, 0.15) is 12.8 Å². The first-order valence-corrected chi connectivity index (χ1v) is 5.93. The fraction of sp³-hybridized carbons (Fsp3) is 0.818. The molecule has 1 aliphatic rings. The molecule has 0 aliphatic carbocycles. The summed E-state index contributed by atoms with van der Waals surface area (Å²) in [6.45, 7) is 2.20. The van der Waals surface area contributed by atoms with Crippen molar-refractivity contribution in [2.45, 2.75) is 12.8 Å². The van der Waals surface area contributed by atoms with Crippen LogP contribution in [-0.4, -0.2) is 56.6 Å². The number of ether oxygens (including phenoxy) is 1. The standard InChI is InChI=1S/C11H21N3O3.ClH/c1-17-8-10(15)14-6-2-3-9(7-14)11(16)13-5-4-12;/h9H,2-8,12H2,1H3,(H,13,16);1H. The third-order valence-corrected chi connectivity index (χ3v) is 2.86. The Hall–Kier alpha value is -0.850. The molecule has 0 aromatic heterocycles. The molecule has 0 radical (unpaired) electrons. The van der Waals surface area contributed by atoms with E-state index in [0.29, 0.717) is 26.2 Å². The van der Waals surface area contributed by atoms with E-state index in [-0.39, 0.29) is 36.7 Å². The zero-order valence-electron chi connectivity index (χ0n) is 10.7. The topological polar surface area (TPSA) is 84.7 Å². The first-order chi connectivity index (χ1) is 8.19. The van der Waals surface area contributed by atoms with Gasteiger partial charge in [0.15, 0.2) is 0 Å². The molecule has 3 N–H and O–H groups in total. The Morgan fingerprint density at radius 2 is 2.22 bits per heavy atom. The van der Waals surface area contributed by atoms with Gasteiger partial charge in [-0.3, -0.25) is 9.59 Å². The number of nitrogens with zero attached hydrogens (tertiary/aromatic N) is 1. The first-order valence-electron chi connectivity index (χ1n) is 5.93. The number of halogens is 1. The maximum atomic E-state index is 11.7. The fourth-order valence-electron chi connectivity index (χ4n) is 1.97. The maximum absolute atomic E-state index is 11.7. The van der Waals surface area contributed by atoms with Crippen molar-refractivity contribution in [3.05, 3.63) is 0 Å². The van der Waals surface area contributed by atoms with E-state index in [1.165, 1.54) is 7.11 Å². The summed E-state index contributed by atoms with van der Waals surface area (Å²) >= 11 is 0. The molecule has 6 nitrogen and oxygen atoms in total. The van der Waals surface area contributed by atoms with E-state index in [1.807, 2.05) is 0 Å². The molecular weight excluding hydrogens is 258 g/mol. The van der Waals surface area contributed by atoms with Crippen LogP contribution in [0.5, 0.6) is 0 Å². The van der Waals surface area contributed by atoms with Gasteiger partial charge in [0.1, 0.15) is 6.61 Å². The van der Waals surface area contributed by atoms with Crippen molar-refractivity contribution >= 4 is 24.2 Å². The average molecular weight is 280 g/mol. The number of hydrogen-bond acceptors (Lipinski definition) is 4. The summed E-state index contributed by atoms with van der Waals surface area (Å²) in [6.07, 6.45) is 1.68. The molecule has 1 heterocycles. The second-order valence-corrected chi connectivity index (χ2v) is 4.19. The molecule has 18 heavy (non-hydrogen) atoms. The van der Waals surface area contributed by atoms with Crippen LogP contribution in [0, 0.1) is 5.92 Å². The lowest BCUT2D eigenvalue weighted by Crippen LogP contribution is -2.47. The molecule has 7 heteroatoms. The second kappa shape index (κ2) is 9.13. The van der Waals surface area contributed by atoms with Crippen LogP contribution < -0.4 is 11.1 Å². The van der Waals surface area contributed by atoms with Gasteiger partial charge in [0, 0.05) is 33.3 Å². The van der Waals surface area contributed by atoms with Crippen LogP contribution in [0.3, 0.4) is 0 Å². The van der Waals surface area contributed by atoms with Gasteiger partial charge < -0.3 is 20.7 Å². The average Bonchev–Trinajstić information content (AvgIpc) is 2.36. The Morgan fingerprint density at radius 3 is 2.83 bits per heavy atom. The quantitative estimate of drug-likeness (QED) is 0.702. The minimum atomic E-state index is -0.115. The van der Waals surface area contributed by atoms with E-state index in [9.17, 15) is 9.59 Å². The molecule has 1 fully saturated rings. The SMILES string of the molecule is COCC(=O)N1CCCC(C(=O)NCCN)C1.Cl. The summed E-state index contributed by atoms with van der Waals surface area (Å²) in [5.74, 6) is -0.176. The van der Waals surface area contributed by atoms with Gasteiger partial charge in [-0.05, 0) is 12.8 Å². The van der Waals surface area contributed by atoms with E-state index in [4.69, 9.17) is 10.5 Å². The zero-order valence-corrected chi connectivity index (χ0v) is 11.5. The summed E-state index contributed by atoms with van der Waals surface area (Å²) in [7, 11) is 1.49. The third-order valence-electron chi connectivity index (χ3n) is 2.86. The number of nitrogens with two attached hydrogens (primary N) is 1. The van der Waals surface area contributed by atoms with Crippen LogP contribution in [-0.2, 0) is 14.3 Å². The van der Waals surface area contributed by atoms with E-state index in [2.05, 4.69) is 5.32 Å². The lowest BCUT2D eigenvalue weighted by molar-refractivity contribution is -0.138. The smallest absolute Gasteiger partial charge is 0.248 e. The zero-order chi connectivity index (χ0) is 12.7. The Bertz CT molecular complexity index is 276. The highest BCUT2D eigenvalue weighted by Crippen LogP contribution is 2.16. The molecule has 0 saturated carbocycles. The minimum absolute atomic E-state index is 0. The largest absolute Gasteiger partial charge is 0.375 e. The predicted molar refractivity (Wildman–Crippen MR) is 70.5 cm³/mol. The summed E-state index contributed by atoms with van der Waals surface area (Å²) in [4.78, 5) is 25.1. The van der Waals surface area contributed by atoms with E-state index < -0.39 is 0 Å². The van der Waals surface area contributed by atoms with Gasteiger partial charge in [-0.2, -0.15) is 0 Å². The van der Waals surface area contributed by atoms with Gasteiger partial charge in [-0.25, -0.2) is 0 Å². The molecule has 1 rings (SSSR count). The number of piperidine rings is 1. The molecule has 1 aliphatic heterocycles. The number of amides is 2. The predicted octanol–water partition coefficient (Wildman–Crippen LogP) is -0.632. The molecule has 0 bridgehead atoms. The van der Waals surface area contributed by atoms with Crippen LogP contribution in [0.2, 0.25) is 0 Å². The van der Waals surface area contributed by atoms with Crippen molar-refractivity contribution in [3.8, 4) is 0 Å². The summed E-state index contributed by atoms with van der Waals surface area (Å²) in [5.41, 5.74) is 5.33. The normalized spacial score (nSPS) is 19.0. The van der Waals surface area contributed by atoms with Gasteiger partial charge in [-0.1, -0.05) is 0 Å². The van der Waals surface area contributed by atoms with Crippen LogP contribution >= 0.6 is 12.4 Å². The Morgan fingerprint density at radius 1 is 1.50 bits per heavy atom. The molecular formula is C11H22ClN3O3. The lowest BCUT2D eigenvalue weighted by atomic mass is 9.97. The van der Waals surface area contributed by atoms with Gasteiger partial charge in [0.05, 0.1) is 5.92 Å². The highest BCUT2D eigenvalue weighted by molar-refractivity contribution is 5.85. The molecule has 1 unspecified atom stereocenters. The molecule has 0 aromatic carbocycles. The summed E-state index contributed by atoms with van der Waals surface area (Å²) in [6, 6.07) is 0. The molecule has 106 valence electrons. The molecule has 1 saturated heterocycles. The van der Waals surface area contributed by atoms with Crippen molar-refractivity contribution in [3.63, 3.8) is 0 Å². The lowest BCUT2D eigenvalue weighted by Gasteiger charge is -2.31. The van der Waals surface area contributed by atoms with Crippen LogP contribution in [0.25, 0.3) is 0 Å². The molecule has 0 aromatic rings. The Labute approximate surface area is 114 Å². The van der Waals surface area contributed by atoms with Gasteiger partial charge in [0.25, 0.3) is 0 Å². The first kappa shape index (κ1) is 17.2. The second-order valence-electron chi connectivity index (χ2n) is 4.19. The highest BCUT2D eigenvalue weighted by atomic mass is 35.5.